The zero-order valence-electron chi connectivity index (χ0n) is 18.3. The van der Waals surface area contributed by atoms with E-state index in [1.165, 1.54) is 4.90 Å². The summed E-state index contributed by atoms with van der Waals surface area (Å²) >= 11 is 0. The molecular formula is C17H27F6N5O7. The van der Waals surface area contributed by atoms with E-state index in [9.17, 15) is 41.0 Å². The number of hydrogen-bond donors (Lipinski definition) is 6. The van der Waals surface area contributed by atoms with Crippen LogP contribution in [-0.2, 0) is 19.2 Å². The van der Waals surface area contributed by atoms with Crippen LogP contribution in [0.25, 0.3) is 0 Å². The van der Waals surface area contributed by atoms with Crippen LogP contribution >= 0.6 is 0 Å². The molecule has 0 aromatic rings. The summed E-state index contributed by atoms with van der Waals surface area (Å²) in [5.74, 6) is -6.49. The summed E-state index contributed by atoms with van der Waals surface area (Å²) in [4.78, 5) is 46.6. The van der Waals surface area contributed by atoms with Crippen molar-refractivity contribution in [3.63, 3.8) is 0 Å². The van der Waals surface area contributed by atoms with Crippen LogP contribution in [0, 0.1) is 5.92 Å². The molecule has 0 saturated carbocycles. The van der Waals surface area contributed by atoms with E-state index in [-0.39, 0.29) is 11.9 Å². The number of nitrogens with zero attached hydrogens (tertiary/aromatic N) is 2. The van der Waals surface area contributed by atoms with Gasteiger partial charge in [-0.15, -0.1) is 0 Å². The van der Waals surface area contributed by atoms with E-state index in [2.05, 4.69) is 4.99 Å². The fourth-order valence-corrected chi connectivity index (χ4v) is 2.50. The fraction of sp³-hybridized carbons (Fsp3) is 0.706. The van der Waals surface area contributed by atoms with E-state index >= 15 is 0 Å². The maximum atomic E-state index is 12.3. The summed E-state index contributed by atoms with van der Waals surface area (Å²) in [5.41, 5.74) is 16.3. The lowest BCUT2D eigenvalue weighted by molar-refractivity contribution is -0.193. The van der Waals surface area contributed by atoms with Gasteiger partial charge in [-0.25, -0.2) is 14.4 Å². The summed E-state index contributed by atoms with van der Waals surface area (Å²) in [6, 6.07) is -1.49. The van der Waals surface area contributed by atoms with Crippen LogP contribution in [0.2, 0.25) is 0 Å². The number of amides is 1. The standard InChI is InChI=1S/C13H25N5O3.2C2HF3O2/c1-8-4-6-18(10(7-8)12(20)21)11(19)9(14)3-2-5-17-13(15)16;2*3-2(4,5)1(6)7/h8-10H,2-7,14H2,1H3,(H,20,21)(H4,15,16,17);2*(H,6,7)/t8-,9+,10-;;/m1../s1. The lowest BCUT2D eigenvalue weighted by Crippen LogP contribution is -2.54. The predicted molar refractivity (Wildman–Crippen MR) is 107 cm³/mol. The second-order valence-corrected chi connectivity index (χ2v) is 7.18. The molecule has 9 N–H and O–H groups in total. The maximum Gasteiger partial charge on any atom is 0.490 e. The molecule has 1 aliphatic rings. The monoisotopic (exact) mass is 527 g/mol. The summed E-state index contributed by atoms with van der Waals surface area (Å²) in [6.45, 7) is 2.84. The van der Waals surface area contributed by atoms with Crippen molar-refractivity contribution >= 4 is 29.8 Å². The quantitative estimate of drug-likeness (QED) is 0.120. The van der Waals surface area contributed by atoms with Crippen molar-refractivity contribution < 1.29 is 60.8 Å². The minimum absolute atomic E-state index is 0.00542. The molecular weight excluding hydrogens is 500 g/mol. The van der Waals surface area contributed by atoms with Crippen LogP contribution in [0.1, 0.15) is 32.6 Å². The number of nitrogens with two attached hydrogens (primary N) is 3. The van der Waals surface area contributed by atoms with Gasteiger partial charge in [-0.05, 0) is 31.6 Å². The van der Waals surface area contributed by atoms with E-state index in [0.717, 1.165) is 6.42 Å². The summed E-state index contributed by atoms with van der Waals surface area (Å²) < 4.78 is 63.5. The highest BCUT2D eigenvalue weighted by molar-refractivity contribution is 5.87. The van der Waals surface area contributed by atoms with Gasteiger partial charge < -0.3 is 37.4 Å². The van der Waals surface area contributed by atoms with E-state index in [4.69, 9.17) is 37.0 Å². The third-order valence-corrected chi connectivity index (χ3v) is 4.20. The third kappa shape index (κ3) is 15.3. The summed E-state index contributed by atoms with van der Waals surface area (Å²) in [6.07, 6.45) is -7.89. The lowest BCUT2D eigenvalue weighted by atomic mass is 9.91. The molecule has 0 spiro atoms. The van der Waals surface area contributed by atoms with Gasteiger partial charge >= 0.3 is 30.3 Å². The number of carboxylic acid groups (broad SMARTS) is 3. The average Bonchev–Trinajstić information content (AvgIpc) is 2.69. The molecule has 18 heteroatoms. The summed E-state index contributed by atoms with van der Waals surface area (Å²) in [7, 11) is 0. The van der Waals surface area contributed by atoms with Crippen molar-refractivity contribution in [3.8, 4) is 0 Å². The number of piperidine rings is 1. The van der Waals surface area contributed by atoms with Gasteiger partial charge in [0.15, 0.2) is 5.96 Å². The first-order valence-electron chi connectivity index (χ1n) is 9.66. The zero-order valence-corrected chi connectivity index (χ0v) is 18.3. The van der Waals surface area contributed by atoms with Crippen LogP contribution < -0.4 is 17.2 Å². The largest absolute Gasteiger partial charge is 0.490 e. The van der Waals surface area contributed by atoms with E-state index in [1.807, 2.05) is 6.92 Å². The minimum atomic E-state index is -5.08. The third-order valence-electron chi connectivity index (χ3n) is 4.20. The summed E-state index contributed by atoms with van der Waals surface area (Å²) in [5, 5.41) is 23.5. The van der Waals surface area contributed by atoms with Crippen molar-refractivity contribution in [1.29, 1.82) is 0 Å². The van der Waals surface area contributed by atoms with Crippen molar-refractivity contribution in [3.05, 3.63) is 0 Å². The topological polar surface area (TPSA) is 223 Å². The molecule has 35 heavy (non-hydrogen) atoms. The van der Waals surface area contributed by atoms with Crippen molar-refractivity contribution in [2.24, 2.45) is 28.1 Å². The Labute approximate surface area is 194 Å². The highest BCUT2D eigenvalue weighted by Gasteiger charge is 2.39. The SMILES string of the molecule is C[C@@H]1CCN(C(=O)[C@@H](N)CCCN=C(N)N)[C@@H](C(=O)O)C1.O=C(O)C(F)(F)F.O=C(O)C(F)(F)F. The molecule has 1 heterocycles. The number of rotatable bonds is 6. The van der Waals surface area contributed by atoms with E-state index in [1.54, 1.807) is 0 Å². The Morgan fingerprint density at radius 2 is 1.43 bits per heavy atom. The van der Waals surface area contributed by atoms with Crippen LogP contribution in [0.4, 0.5) is 26.3 Å². The van der Waals surface area contributed by atoms with Gasteiger partial charge in [-0.3, -0.25) is 9.79 Å². The molecule has 0 aromatic heterocycles. The molecule has 0 aromatic carbocycles. The first-order chi connectivity index (χ1) is 15.7. The molecule has 0 bridgehead atoms. The number of aliphatic carboxylic acids is 3. The number of carboxylic acids is 3. The molecule has 12 nitrogen and oxygen atoms in total. The first-order valence-corrected chi connectivity index (χ1v) is 9.66. The number of likely N-dealkylation sites (tertiary alicyclic amines) is 1. The smallest absolute Gasteiger partial charge is 0.480 e. The molecule has 0 aliphatic carbocycles. The van der Waals surface area contributed by atoms with E-state index < -0.39 is 42.3 Å². The number of alkyl halides is 6. The second kappa shape index (κ2) is 14.8. The van der Waals surface area contributed by atoms with Gasteiger partial charge in [0.05, 0.1) is 6.04 Å². The van der Waals surface area contributed by atoms with Crippen molar-refractivity contribution in [1.82, 2.24) is 4.90 Å². The highest BCUT2D eigenvalue weighted by Crippen LogP contribution is 2.23. The number of aliphatic imine (C=N–C) groups is 1. The molecule has 204 valence electrons. The number of carbonyl (C=O) groups excluding carboxylic acids is 1. The number of halogens is 6. The Kier molecular flexibility index (Phi) is 14.4. The average molecular weight is 527 g/mol. The number of carbonyl (C=O) groups is 4. The number of guanidine groups is 1. The van der Waals surface area contributed by atoms with Crippen molar-refractivity contribution in [2.75, 3.05) is 13.1 Å². The molecule has 0 unspecified atom stereocenters. The van der Waals surface area contributed by atoms with Crippen LogP contribution in [0.3, 0.4) is 0 Å². The molecule has 1 saturated heterocycles. The van der Waals surface area contributed by atoms with E-state index in [0.29, 0.717) is 38.3 Å². The minimum Gasteiger partial charge on any atom is -0.480 e. The molecule has 1 fully saturated rings. The molecule has 3 atom stereocenters. The van der Waals surface area contributed by atoms with Crippen molar-refractivity contribution in [2.45, 2.75) is 57.0 Å². The van der Waals surface area contributed by atoms with Gasteiger partial charge in [-0.1, -0.05) is 6.92 Å². The fourth-order valence-electron chi connectivity index (χ4n) is 2.50. The lowest BCUT2D eigenvalue weighted by Gasteiger charge is -2.37. The van der Waals surface area contributed by atoms with Gasteiger partial charge in [0.25, 0.3) is 0 Å². The second-order valence-electron chi connectivity index (χ2n) is 7.18. The Balaban J connectivity index is 0. The molecule has 1 rings (SSSR count). The normalized spacial score (nSPS) is 18.6. The maximum absolute atomic E-state index is 12.3. The zero-order chi connectivity index (χ0) is 28.1. The van der Waals surface area contributed by atoms with Gasteiger partial charge in [0.1, 0.15) is 6.04 Å². The molecule has 1 aliphatic heterocycles. The van der Waals surface area contributed by atoms with Crippen LogP contribution in [0.15, 0.2) is 4.99 Å². The molecule has 0 radical (unpaired) electrons. The predicted octanol–water partition coefficient (Wildman–Crippen LogP) is 0.346. The van der Waals surface area contributed by atoms with Crippen LogP contribution in [0.5, 0.6) is 0 Å². The highest BCUT2D eigenvalue weighted by atomic mass is 19.4. The Morgan fingerprint density at radius 3 is 1.77 bits per heavy atom. The van der Waals surface area contributed by atoms with Crippen LogP contribution in [-0.4, -0.2) is 87.5 Å². The van der Waals surface area contributed by atoms with Gasteiger partial charge in [0.2, 0.25) is 5.91 Å². The van der Waals surface area contributed by atoms with Gasteiger partial charge in [-0.2, -0.15) is 26.3 Å². The first kappa shape index (κ1) is 33.9. The molecule has 1 amide bonds. The Bertz CT molecular complexity index is 733. The number of hydrogen-bond acceptors (Lipinski definition) is 6. The Hall–Kier alpha value is -3.31. The Morgan fingerprint density at radius 1 is 1.00 bits per heavy atom. The van der Waals surface area contributed by atoms with Gasteiger partial charge in [0, 0.05) is 13.1 Å².